The molecule has 0 aliphatic carbocycles. The van der Waals surface area contributed by atoms with Gasteiger partial charge in [0.1, 0.15) is 0 Å². The standard InChI is InChI=1S/C15H19NS2.C6H12/c17-14(8-6-12-4-2-1-3-5-12)9-7-13-10-16-11-15(13)18;1-3-5-6-4-2/h1-5,13,16H,6-11H2;3,5H,4,6H2,1-2H3/b;5-3-. The van der Waals surface area contributed by atoms with Crippen molar-refractivity contribution in [2.75, 3.05) is 13.1 Å². The minimum Gasteiger partial charge on any atom is -0.312 e. The third-order valence-electron chi connectivity index (χ3n) is 4.14. The number of benzene rings is 1. The first-order chi connectivity index (χ1) is 11.7. The lowest BCUT2D eigenvalue weighted by Crippen LogP contribution is -2.11. The second kappa shape index (κ2) is 13.4. The van der Waals surface area contributed by atoms with Crippen LogP contribution in [0.25, 0.3) is 0 Å². The number of rotatable bonds is 8. The predicted octanol–water partition coefficient (Wildman–Crippen LogP) is 5.72. The fourth-order valence-electron chi connectivity index (χ4n) is 2.61. The largest absolute Gasteiger partial charge is 0.312 e. The van der Waals surface area contributed by atoms with Crippen LogP contribution >= 0.6 is 24.4 Å². The molecule has 2 rings (SSSR count). The third-order valence-corrected chi connectivity index (χ3v) is 5.03. The van der Waals surface area contributed by atoms with Crippen LogP contribution in [-0.2, 0) is 6.42 Å². The number of thiocarbonyl (C=S) groups is 2. The molecule has 1 heterocycles. The Morgan fingerprint density at radius 2 is 2.00 bits per heavy atom. The molecular formula is C21H31NS2. The van der Waals surface area contributed by atoms with Gasteiger partial charge in [0.2, 0.25) is 0 Å². The summed E-state index contributed by atoms with van der Waals surface area (Å²) >= 11 is 10.8. The highest BCUT2D eigenvalue weighted by molar-refractivity contribution is 7.80. The van der Waals surface area contributed by atoms with Crippen LogP contribution in [0.4, 0.5) is 0 Å². The highest BCUT2D eigenvalue weighted by Crippen LogP contribution is 2.15. The number of hydrogen-bond donors (Lipinski definition) is 1. The molecule has 1 saturated heterocycles. The first kappa shape index (κ1) is 21.1. The molecule has 1 N–H and O–H groups in total. The van der Waals surface area contributed by atoms with E-state index in [1.54, 1.807) is 0 Å². The number of aryl methyl sites for hydroxylation is 1. The molecule has 3 heteroatoms. The van der Waals surface area contributed by atoms with E-state index >= 15 is 0 Å². The zero-order valence-corrected chi connectivity index (χ0v) is 16.7. The summed E-state index contributed by atoms with van der Waals surface area (Å²) in [6.07, 6.45) is 11.0. The maximum atomic E-state index is 5.46. The quantitative estimate of drug-likeness (QED) is 0.470. The van der Waals surface area contributed by atoms with E-state index < -0.39 is 0 Å². The second-order valence-electron chi connectivity index (χ2n) is 6.21. The van der Waals surface area contributed by atoms with Gasteiger partial charge in [0.15, 0.2) is 0 Å². The maximum Gasteiger partial charge on any atom is 0.0272 e. The predicted molar refractivity (Wildman–Crippen MR) is 115 cm³/mol. The average molecular weight is 362 g/mol. The summed E-state index contributed by atoms with van der Waals surface area (Å²) in [6, 6.07) is 10.6. The Morgan fingerprint density at radius 3 is 2.54 bits per heavy atom. The summed E-state index contributed by atoms with van der Waals surface area (Å²) in [7, 11) is 0. The second-order valence-corrected chi connectivity index (χ2v) is 7.32. The lowest BCUT2D eigenvalue weighted by Gasteiger charge is -2.09. The zero-order valence-electron chi connectivity index (χ0n) is 15.1. The molecule has 0 spiro atoms. The van der Waals surface area contributed by atoms with E-state index in [0.717, 1.165) is 38.8 Å². The van der Waals surface area contributed by atoms with E-state index in [4.69, 9.17) is 24.4 Å². The van der Waals surface area contributed by atoms with E-state index in [0.29, 0.717) is 5.92 Å². The van der Waals surface area contributed by atoms with Crippen LogP contribution < -0.4 is 5.32 Å². The molecule has 132 valence electrons. The topological polar surface area (TPSA) is 12.0 Å². The molecule has 1 nitrogen and oxygen atoms in total. The zero-order chi connectivity index (χ0) is 17.6. The van der Waals surface area contributed by atoms with Gasteiger partial charge in [-0.15, -0.1) is 0 Å². The summed E-state index contributed by atoms with van der Waals surface area (Å²) in [5, 5.41) is 3.32. The first-order valence-electron chi connectivity index (χ1n) is 9.07. The van der Waals surface area contributed by atoms with Gasteiger partial charge in [0.25, 0.3) is 0 Å². The molecule has 0 radical (unpaired) electrons. The number of allylic oxidation sites excluding steroid dienone is 2. The fraction of sp³-hybridized carbons (Fsp3) is 0.524. The van der Waals surface area contributed by atoms with Gasteiger partial charge in [0, 0.05) is 23.9 Å². The van der Waals surface area contributed by atoms with Gasteiger partial charge in [-0.3, -0.25) is 0 Å². The van der Waals surface area contributed by atoms with Crippen molar-refractivity contribution >= 4 is 34.2 Å². The smallest absolute Gasteiger partial charge is 0.0272 e. The lowest BCUT2D eigenvalue weighted by molar-refractivity contribution is 0.645. The van der Waals surface area contributed by atoms with Gasteiger partial charge in [-0.2, -0.15) is 0 Å². The normalized spacial score (nSPS) is 16.9. The molecule has 1 fully saturated rings. The fourth-order valence-corrected chi connectivity index (χ4v) is 3.14. The highest BCUT2D eigenvalue weighted by Gasteiger charge is 2.20. The van der Waals surface area contributed by atoms with Crippen molar-refractivity contribution in [2.45, 2.75) is 52.4 Å². The Hall–Kier alpha value is -0.900. The average Bonchev–Trinajstić information content (AvgIpc) is 3.03. The number of nitrogens with one attached hydrogen (secondary N) is 1. The highest BCUT2D eigenvalue weighted by atomic mass is 32.1. The van der Waals surface area contributed by atoms with Crippen molar-refractivity contribution in [1.29, 1.82) is 0 Å². The minimum atomic E-state index is 0.565. The molecule has 0 saturated carbocycles. The molecule has 1 aromatic carbocycles. The maximum absolute atomic E-state index is 5.46. The van der Waals surface area contributed by atoms with Gasteiger partial charge in [0.05, 0.1) is 0 Å². The Morgan fingerprint density at radius 1 is 1.25 bits per heavy atom. The monoisotopic (exact) mass is 361 g/mol. The van der Waals surface area contributed by atoms with E-state index in [-0.39, 0.29) is 0 Å². The Labute approximate surface area is 158 Å². The van der Waals surface area contributed by atoms with Gasteiger partial charge in [-0.05, 0) is 49.5 Å². The van der Waals surface area contributed by atoms with E-state index in [1.165, 1.54) is 28.1 Å². The molecule has 1 aliphatic heterocycles. The van der Waals surface area contributed by atoms with Gasteiger partial charge >= 0.3 is 0 Å². The van der Waals surface area contributed by atoms with Crippen LogP contribution in [0, 0.1) is 5.92 Å². The summed E-state index contributed by atoms with van der Waals surface area (Å²) in [5.41, 5.74) is 1.37. The van der Waals surface area contributed by atoms with Crippen molar-refractivity contribution in [3.63, 3.8) is 0 Å². The van der Waals surface area contributed by atoms with E-state index in [1.807, 2.05) is 0 Å². The van der Waals surface area contributed by atoms with Gasteiger partial charge in [-0.1, -0.05) is 80.3 Å². The van der Waals surface area contributed by atoms with E-state index in [2.05, 4.69) is 61.6 Å². The molecule has 0 amide bonds. The number of hydrogen-bond acceptors (Lipinski definition) is 3. The molecule has 1 unspecified atom stereocenters. The Kier molecular flexibility index (Phi) is 11.8. The van der Waals surface area contributed by atoms with Crippen LogP contribution in [0.3, 0.4) is 0 Å². The van der Waals surface area contributed by atoms with Crippen molar-refractivity contribution in [3.8, 4) is 0 Å². The minimum absolute atomic E-state index is 0.565. The van der Waals surface area contributed by atoms with Gasteiger partial charge < -0.3 is 5.32 Å². The van der Waals surface area contributed by atoms with Crippen LogP contribution in [0.1, 0.15) is 51.5 Å². The van der Waals surface area contributed by atoms with Crippen molar-refractivity contribution in [3.05, 3.63) is 48.0 Å². The Bertz CT molecular complexity index is 508. The SMILES string of the molecule is C/C=C\CCC.S=C(CCc1ccccc1)CCC1CNCC1=S. The summed E-state index contributed by atoms with van der Waals surface area (Å²) < 4.78 is 0. The first-order valence-corrected chi connectivity index (χ1v) is 9.89. The molecule has 24 heavy (non-hydrogen) atoms. The van der Waals surface area contributed by atoms with Crippen molar-refractivity contribution in [2.24, 2.45) is 5.92 Å². The Balaban J connectivity index is 0.000000413. The third kappa shape index (κ3) is 9.41. The molecule has 0 aromatic heterocycles. The van der Waals surface area contributed by atoms with Crippen LogP contribution in [0.15, 0.2) is 42.5 Å². The molecule has 1 atom stereocenters. The summed E-state index contributed by atoms with van der Waals surface area (Å²) in [6.45, 7) is 6.19. The molecular weight excluding hydrogens is 330 g/mol. The number of unbranched alkanes of at least 4 members (excludes halogenated alkanes) is 1. The van der Waals surface area contributed by atoms with E-state index in [9.17, 15) is 0 Å². The summed E-state index contributed by atoms with van der Waals surface area (Å²) in [4.78, 5) is 2.37. The summed E-state index contributed by atoms with van der Waals surface area (Å²) in [5.74, 6) is 0.565. The molecule has 1 aliphatic rings. The molecule has 0 bridgehead atoms. The van der Waals surface area contributed by atoms with Crippen LogP contribution in [0.2, 0.25) is 0 Å². The van der Waals surface area contributed by atoms with Crippen LogP contribution in [0.5, 0.6) is 0 Å². The van der Waals surface area contributed by atoms with Crippen LogP contribution in [-0.4, -0.2) is 22.8 Å². The van der Waals surface area contributed by atoms with Crippen molar-refractivity contribution in [1.82, 2.24) is 5.32 Å². The lowest BCUT2D eigenvalue weighted by atomic mass is 9.99. The van der Waals surface area contributed by atoms with Crippen molar-refractivity contribution < 1.29 is 0 Å². The van der Waals surface area contributed by atoms with Gasteiger partial charge in [-0.25, -0.2) is 0 Å². The molecule has 1 aromatic rings.